The smallest absolute Gasteiger partial charge is 0.0897 e. The van der Waals surface area contributed by atoms with Gasteiger partial charge in [0.2, 0.25) is 0 Å². The summed E-state index contributed by atoms with van der Waals surface area (Å²) in [5.41, 5.74) is 0. The van der Waals surface area contributed by atoms with Crippen LogP contribution < -0.4 is 5.32 Å². The molecule has 0 bridgehead atoms. The van der Waals surface area contributed by atoms with Gasteiger partial charge in [0, 0.05) is 19.7 Å². The number of hydrogen-bond acceptors (Lipinski definition) is 5. The highest BCUT2D eigenvalue weighted by Crippen LogP contribution is 2.04. The molecule has 5 heteroatoms. The molecule has 5 nitrogen and oxygen atoms in total. The summed E-state index contributed by atoms with van der Waals surface area (Å²) >= 11 is 0. The maximum Gasteiger partial charge on any atom is 0.0897 e. The van der Waals surface area contributed by atoms with Crippen LogP contribution in [0.1, 0.15) is 45.4 Å². The normalized spacial score (nSPS) is 12.8. The second-order valence-electron chi connectivity index (χ2n) is 5.04. The average molecular weight is 291 g/mol. The molecular weight excluding hydrogens is 258 g/mol. The minimum absolute atomic E-state index is 0.0505. The van der Waals surface area contributed by atoms with E-state index in [1.54, 1.807) is 0 Å². The number of aliphatic hydroxyl groups excluding tert-OH is 2. The molecule has 20 heavy (non-hydrogen) atoms. The fraction of sp³-hybridized carbons (Fsp3) is 1.00. The number of ether oxygens (including phenoxy) is 2. The lowest BCUT2D eigenvalue weighted by atomic mass is 10.1. The summed E-state index contributed by atoms with van der Waals surface area (Å²) < 4.78 is 10.5. The van der Waals surface area contributed by atoms with E-state index in [2.05, 4.69) is 12.2 Å². The van der Waals surface area contributed by atoms with Crippen LogP contribution in [0.4, 0.5) is 0 Å². The maximum absolute atomic E-state index is 9.66. The second-order valence-corrected chi connectivity index (χ2v) is 5.04. The van der Waals surface area contributed by atoms with E-state index in [1.807, 2.05) is 0 Å². The molecule has 122 valence electrons. The predicted molar refractivity (Wildman–Crippen MR) is 81.0 cm³/mol. The van der Waals surface area contributed by atoms with Gasteiger partial charge in [-0.15, -0.1) is 0 Å². The Morgan fingerprint density at radius 1 is 0.950 bits per heavy atom. The lowest BCUT2D eigenvalue weighted by Gasteiger charge is -2.12. The lowest BCUT2D eigenvalue weighted by Crippen LogP contribution is -2.32. The Morgan fingerprint density at radius 2 is 1.70 bits per heavy atom. The molecular formula is C15H33NO4. The van der Waals surface area contributed by atoms with Gasteiger partial charge in [-0.05, 0) is 6.42 Å². The summed E-state index contributed by atoms with van der Waals surface area (Å²) in [6, 6.07) is 0. The zero-order valence-electron chi connectivity index (χ0n) is 13.0. The number of hydrogen-bond donors (Lipinski definition) is 3. The molecule has 0 fully saturated rings. The van der Waals surface area contributed by atoms with E-state index in [-0.39, 0.29) is 6.61 Å². The highest BCUT2D eigenvalue weighted by atomic mass is 16.5. The van der Waals surface area contributed by atoms with Crippen LogP contribution in [-0.4, -0.2) is 62.4 Å². The molecule has 0 rings (SSSR count). The van der Waals surface area contributed by atoms with E-state index >= 15 is 0 Å². The first kappa shape index (κ1) is 19.8. The monoisotopic (exact) mass is 291 g/mol. The molecule has 1 unspecified atom stereocenters. The summed E-state index contributed by atoms with van der Waals surface area (Å²) in [6.45, 7) is 5.50. The second kappa shape index (κ2) is 16.9. The Bertz CT molecular complexity index is 181. The maximum atomic E-state index is 9.66. The first-order valence-corrected chi connectivity index (χ1v) is 7.96. The topological polar surface area (TPSA) is 71.0 Å². The van der Waals surface area contributed by atoms with Crippen LogP contribution in [-0.2, 0) is 9.47 Å². The van der Waals surface area contributed by atoms with Crippen molar-refractivity contribution in [1.82, 2.24) is 5.32 Å². The van der Waals surface area contributed by atoms with Crippen molar-refractivity contribution in [1.29, 1.82) is 0 Å². The summed E-state index contributed by atoms with van der Waals surface area (Å²) in [7, 11) is 0. The molecule has 0 aromatic rings. The van der Waals surface area contributed by atoms with Crippen molar-refractivity contribution < 1.29 is 19.7 Å². The van der Waals surface area contributed by atoms with Crippen molar-refractivity contribution in [2.45, 2.75) is 51.6 Å². The van der Waals surface area contributed by atoms with E-state index in [9.17, 15) is 5.11 Å². The van der Waals surface area contributed by atoms with Crippen molar-refractivity contribution in [3.63, 3.8) is 0 Å². The number of aliphatic hydroxyl groups is 2. The fourth-order valence-corrected chi connectivity index (χ4v) is 1.84. The van der Waals surface area contributed by atoms with Crippen LogP contribution in [0.5, 0.6) is 0 Å². The van der Waals surface area contributed by atoms with Crippen LogP contribution in [0.25, 0.3) is 0 Å². The lowest BCUT2D eigenvalue weighted by molar-refractivity contribution is 0.0336. The molecule has 0 heterocycles. The molecule has 0 spiro atoms. The fourth-order valence-electron chi connectivity index (χ4n) is 1.84. The van der Waals surface area contributed by atoms with Crippen molar-refractivity contribution in [3.05, 3.63) is 0 Å². The van der Waals surface area contributed by atoms with Gasteiger partial charge in [-0.3, -0.25) is 0 Å². The molecule has 0 aliphatic carbocycles. The van der Waals surface area contributed by atoms with Crippen LogP contribution in [0.3, 0.4) is 0 Å². The Labute approximate surface area is 123 Å². The van der Waals surface area contributed by atoms with Gasteiger partial charge in [-0.2, -0.15) is 0 Å². The van der Waals surface area contributed by atoms with Crippen LogP contribution >= 0.6 is 0 Å². The molecule has 0 aromatic heterocycles. The molecule has 0 radical (unpaired) electrons. The molecule has 0 amide bonds. The van der Waals surface area contributed by atoms with Gasteiger partial charge in [-0.25, -0.2) is 0 Å². The standard InChI is InChI=1S/C15H33NO4/c1-2-3-4-5-6-7-10-20-14-15(18)13-16-8-11-19-12-9-17/h15-18H,2-14H2,1H3. The Balaban J connectivity index is 3.10. The van der Waals surface area contributed by atoms with E-state index in [4.69, 9.17) is 14.6 Å². The van der Waals surface area contributed by atoms with Crippen LogP contribution in [0.2, 0.25) is 0 Å². The van der Waals surface area contributed by atoms with Gasteiger partial charge >= 0.3 is 0 Å². The molecule has 0 aliphatic rings. The van der Waals surface area contributed by atoms with Crippen molar-refractivity contribution >= 4 is 0 Å². The molecule has 0 aromatic carbocycles. The SMILES string of the molecule is CCCCCCCCOCC(O)CNCCOCCO. The first-order chi connectivity index (χ1) is 9.81. The minimum Gasteiger partial charge on any atom is -0.394 e. The summed E-state index contributed by atoms with van der Waals surface area (Å²) in [5.74, 6) is 0. The number of nitrogens with one attached hydrogen (secondary N) is 1. The number of rotatable bonds is 16. The summed E-state index contributed by atoms with van der Waals surface area (Å²) in [5, 5.41) is 21.2. The van der Waals surface area contributed by atoms with Gasteiger partial charge in [-0.1, -0.05) is 39.0 Å². The van der Waals surface area contributed by atoms with Crippen LogP contribution in [0.15, 0.2) is 0 Å². The third kappa shape index (κ3) is 15.9. The largest absolute Gasteiger partial charge is 0.394 e. The van der Waals surface area contributed by atoms with Crippen LogP contribution in [0, 0.1) is 0 Å². The van der Waals surface area contributed by atoms with Gasteiger partial charge in [0.1, 0.15) is 0 Å². The molecule has 0 saturated heterocycles. The van der Waals surface area contributed by atoms with Gasteiger partial charge < -0.3 is 25.0 Å². The zero-order chi connectivity index (χ0) is 14.9. The number of unbranched alkanes of at least 4 members (excludes halogenated alkanes) is 5. The third-order valence-corrected chi connectivity index (χ3v) is 2.99. The van der Waals surface area contributed by atoms with E-state index in [0.717, 1.165) is 13.0 Å². The quantitative estimate of drug-likeness (QED) is 0.374. The molecule has 3 N–H and O–H groups in total. The minimum atomic E-state index is -0.465. The third-order valence-electron chi connectivity index (χ3n) is 2.99. The molecule has 1 atom stereocenters. The van der Waals surface area contributed by atoms with Gasteiger partial charge in [0.05, 0.1) is 32.5 Å². The Hall–Kier alpha value is -0.200. The predicted octanol–water partition coefficient (Wildman–Crippen LogP) is 1.32. The van der Waals surface area contributed by atoms with Gasteiger partial charge in [0.15, 0.2) is 0 Å². The van der Waals surface area contributed by atoms with Crippen molar-refractivity contribution in [3.8, 4) is 0 Å². The highest BCUT2D eigenvalue weighted by Gasteiger charge is 2.03. The first-order valence-electron chi connectivity index (χ1n) is 7.96. The Morgan fingerprint density at radius 3 is 2.45 bits per heavy atom. The van der Waals surface area contributed by atoms with E-state index in [1.165, 1.54) is 32.1 Å². The molecule has 0 aliphatic heterocycles. The highest BCUT2D eigenvalue weighted by molar-refractivity contribution is 4.58. The Kier molecular flexibility index (Phi) is 16.7. The summed E-state index contributed by atoms with van der Waals surface area (Å²) in [4.78, 5) is 0. The van der Waals surface area contributed by atoms with E-state index < -0.39 is 6.10 Å². The molecule has 0 saturated carbocycles. The zero-order valence-corrected chi connectivity index (χ0v) is 13.0. The van der Waals surface area contributed by atoms with Gasteiger partial charge in [0.25, 0.3) is 0 Å². The summed E-state index contributed by atoms with van der Waals surface area (Å²) in [6.07, 6.45) is 7.05. The average Bonchev–Trinajstić information content (AvgIpc) is 2.45. The van der Waals surface area contributed by atoms with Crippen molar-refractivity contribution in [2.75, 3.05) is 46.1 Å². The van der Waals surface area contributed by atoms with Crippen molar-refractivity contribution in [2.24, 2.45) is 0 Å². The van der Waals surface area contributed by atoms with E-state index in [0.29, 0.717) is 32.9 Å².